The first-order valence-corrected chi connectivity index (χ1v) is 9.57. The molecule has 0 saturated heterocycles. The third kappa shape index (κ3) is 3.94. The zero-order chi connectivity index (χ0) is 22.1. The van der Waals surface area contributed by atoms with E-state index in [9.17, 15) is 18.4 Å². The predicted octanol–water partition coefficient (Wildman–Crippen LogP) is 3.59. The number of carbonyl (C=O) groups is 1. The standard InChI is InChI=1S/C22H18F2N4O3/c1-3-28-11-17(20(29)16-6-4-12(2)26-21(16)28)22(30)25-10-14-9-19(31-27-14)15-7-5-13(23)8-18(15)24/h4-9,11H,3,10H2,1-2H3,(H,25,30). The van der Waals surface area contributed by atoms with E-state index in [2.05, 4.69) is 15.5 Å². The van der Waals surface area contributed by atoms with Crippen LogP contribution >= 0.6 is 0 Å². The summed E-state index contributed by atoms with van der Waals surface area (Å²) in [5.74, 6) is -1.96. The molecule has 0 saturated carbocycles. The van der Waals surface area contributed by atoms with Gasteiger partial charge in [0, 0.05) is 30.6 Å². The van der Waals surface area contributed by atoms with Crippen molar-refractivity contribution >= 4 is 16.9 Å². The van der Waals surface area contributed by atoms with Gasteiger partial charge in [0.2, 0.25) is 5.43 Å². The number of hydrogen-bond acceptors (Lipinski definition) is 5. The molecule has 158 valence electrons. The first-order chi connectivity index (χ1) is 14.9. The fourth-order valence-electron chi connectivity index (χ4n) is 3.24. The molecule has 4 rings (SSSR count). The molecule has 9 heteroatoms. The lowest BCUT2D eigenvalue weighted by Crippen LogP contribution is -2.29. The number of pyridine rings is 2. The monoisotopic (exact) mass is 424 g/mol. The lowest BCUT2D eigenvalue weighted by molar-refractivity contribution is 0.0948. The summed E-state index contributed by atoms with van der Waals surface area (Å²) in [6.07, 6.45) is 1.48. The third-order valence-corrected chi connectivity index (χ3v) is 4.83. The van der Waals surface area contributed by atoms with Gasteiger partial charge < -0.3 is 14.4 Å². The Labute approximate surface area is 175 Å². The maximum absolute atomic E-state index is 13.9. The molecule has 31 heavy (non-hydrogen) atoms. The second-order valence-corrected chi connectivity index (χ2v) is 6.97. The van der Waals surface area contributed by atoms with Gasteiger partial charge in [0.25, 0.3) is 5.91 Å². The molecule has 1 N–H and O–H groups in total. The van der Waals surface area contributed by atoms with E-state index in [4.69, 9.17) is 4.52 Å². The Hall–Kier alpha value is -3.88. The quantitative estimate of drug-likeness (QED) is 0.529. The number of amides is 1. The second kappa shape index (κ2) is 8.10. The highest BCUT2D eigenvalue weighted by Gasteiger charge is 2.17. The summed E-state index contributed by atoms with van der Waals surface area (Å²) in [5, 5.41) is 6.77. The van der Waals surface area contributed by atoms with E-state index in [1.165, 1.54) is 18.3 Å². The van der Waals surface area contributed by atoms with Crippen LogP contribution in [-0.2, 0) is 13.1 Å². The highest BCUT2D eigenvalue weighted by atomic mass is 19.1. The third-order valence-electron chi connectivity index (χ3n) is 4.83. The maximum Gasteiger partial charge on any atom is 0.257 e. The van der Waals surface area contributed by atoms with Crippen molar-refractivity contribution in [2.45, 2.75) is 26.9 Å². The van der Waals surface area contributed by atoms with Crippen LogP contribution in [0.15, 0.2) is 51.9 Å². The van der Waals surface area contributed by atoms with Crippen molar-refractivity contribution in [3.05, 3.63) is 81.4 Å². The summed E-state index contributed by atoms with van der Waals surface area (Å²) in [6.45, 7) is 4.21. The van der Waals surface area contributed by atoms with E-state index >= 15 is 0 Å². The fourth-order valence-corrected chi connectivity index (χ4v) is 3.24. The van der Waals surface area contributed by atoms with Crippen molar-refractivity contribution in [2.24, 2.45) is 0 Å². The Balaban J connectivity index is 1.56. The van der Waals surface area contributed by atoms with Crippen LogP contribution in [0.3, 0.4) is 0 Å². The normalized spacial score (nSPS) is 11.1. The summed E-state index contributed by atoms with van der Waals surface area (Å²) >= 11 is 0. The van der Waals surface area contributed by atoms with Gasteiger partial charge in [-0.25, -0.2) is 13.8 Å². The van der Waals surface area contributed by atoms with Gasteiger partial charge in [-0.05, 0) is 38.1 Å². The topological polar surface area (TPSA) is 90.0 Å². The van der Waals surface area contributed by atoms with E-state index in [1.54, 1.807) is 16.7 Å². The van der Waals surface area contributed by atoms with Crippen LogP contribution < -0.4 is 10.7 Å². The van der Waals surface area contributed by atoms with Gasteiger partial charge in [-0.15, -0.1) is 0 Å². The van der Waals surface area contributed by atoms with Crippen molar-refractivity contribution in [1.82, 2.24) is 20.0 Å². The molecule has 0 unspecified atom stereocenters. The minimum atomic E-state index is -0.785. The number of carbonyl (C=O) groups excluding carboxylic acids is 1. The number of aromatic nitrogens is 3. The maximum atomic E-state index is 13.9. The van der Waals surface area contributed by atoms with Gasteiger partial charge in [-0.1, -0.05) is 5.16 Å². The van der Waals surface area contributed by atoms with Crippen molar-refractivity contribution in [3.8, 4) is 11.3 Å². The summed E-state index contributed by atoms with van der Waals surface area (Å²) in [7, 11) is 0. The lowest BCUT2D eigenvalue weighted by Gasteiger charge is -2.11. The summed E-state index contributed by atoms with van der Waals surface area (Å²) in [6, 6.07) is 7.91. The average molecular weight is 424 g/mol. The number of benzene rings is 1. The van der Waals surface area contributed by atoms with Crippen LogP contribution in [0.2, 0.25) is 0 Å². The first kappa shape index (κ1) is 20.4. The molecule has 0 aliphatic rings. The van der Waals surface area contributed by atoms with Gasteiger partial charge in [-0.3, -0.25) is 9.59 Å². The van der Waals surface area contributed by atoms with Gasteiger partial charge >= 0.3 is 0 Å². The molecule has 0 bridgehead atoms. The number of hydrogen-bond donors (Lipinski definition) is 1. The Morgan fingerprint density at radius 3 is 2.74 bits per heavy atom. The Morgan fingerprint density at radius 1 is 1.19 bits per heavy atom. The van der Waals surface area contributed by atoms with Crippen molar-refractivity contribution < 1.29 is 18.1 Å². The number of rotatable bonds is 5. The predicted molar refractivity (Wildman–Crippen MR) is 109 cm³/mol. The molecule has 3 heterocycles. The Morgan fingerprint density at radius 2 is 2.00 bits per heavy atom. The van der Waals surface area contributed by atoms with E-state index in [0.29, 0.717) is 23.3 Å². The highest BCUT2D eigenvalue weighted by molar-refractivity contribution is 5.96. The van der Waals surface area contributed by atoms with Crippen molar-refractivity contribution in [3.63, 3.8) is 0 Å². The fraction of sp³-hybridized carbons (Fsp3) is 0.182. The molecule has 7 nitrogen and oxygen atoms in total. The van der Waals surface area contributed by atoms with Gasteiger partial charge in [-0.2, -0.15) is 0 Å². The highest BCUT2D eigenvalue weighted by Crippen LogP contribution is 2.24. The van der Waals surface area contributed by atoms with Gasteiger partial charge in [0.15, 0.2) is 5.76 Å². The Bertz CT molecular complexity index is 1360. The van der Waals surface area contributed by atoms with E-state index < -0.39 is 23.0 Å². The molecule has 0 fully saturated rings. The van der Waals surface area contributed by atoms with Crippen molar-refractivity contribution in [2.75, 3.05) is 0 Å². The first-order valence-electron chi connectivity index (χ1n) is 9.57. The minimum Gasteiger partial charge on any atom is -0.356 e. The van der Waals surface area contributed by atoms with E-state index in [0.717, 1.165) is 17.8 Å². The molecule has 0 spiro atoms. The van der Waals surface area contributed by atoms with Crippen LogP contribution in [-0.4, -0.2) is 20.6 Å². The number of nitrogens with one attached hydrogen (secondary N) is 1. The van der Waals surface area contributed by atoms with Crippen LogP contribution in [0.5, 0.6) is 0 Å². The van der Waals surface area contributed by atoms with E-state index in [-0.39, 0.29) is 23.4 Å². The van der Waals surface area contributed by atoms with Crippen LogP contribution in [0.25, 0.3) is 22.4 Å². The largest absolute Gasteiger partial charge is 0.356 e. The van der Waals surface area contributed by atoms with E-state index in [1.807, 2.05) is 13.8 Å². The minimum absolute atomic E-state index is 0.0201. The summed E-state index contributed by atoms with van der Waals surface area (Å²) < 4.78 is 33.8. The molecule has 3 aromatic heterocycles. The molecule has 0 atom stereocenters. The SMILES string of the molecule is CCn1cc(C(=O)NCc2cc(-c3ccc(F)cc3F)on2)c(=O)c2ccc(C)nc21. The lowest BCUT2D eigenvalue weighted by atomic mass is 10.1. The molecule has 0 aliphatic carbocycles. The zero-order valence-corrected chi connectivity index (χ0v) is 16.8. The van der Waals surface area contributed by atoms with Crippen LogP contribution in [0.1, 0.15) is 28.7 Å². The zero-order valence-electron chi connectivity index (χ0n) is 16.8. The molecular formula is C22H18F2N4O3. The number of fused-ring (bicyclic) bond motifs is 1. The smallest absolute Gasteiger partial charge is 0.257 e. The molecule has 0 aliphatic heterocycles. The van der Waals surface area contributed by atoms with Crippen LogP contribution in [0, 0.1) is 18.6 Å². The summed E-state index contributed by atoms with van der Waals surface area (Å²) in [5.41, 5.74) is 1.22. The average Bonchev–Trinajstić information content (AvgIpc) is 3.21. The molecule has 4 aromatic rings. The second-order valence-electron chi connectivity index (χ2n) is 6.97. The van der Waals surface area contributed by atoms with Crippen molar-refractivity contribution in [1.29, 1.82) is 0 Å². The Kier molecular flexibility index (Phi) is 5.33. The van der Waals surface area contributed by atoms with Gasteiger partial charge in [0.1, 0.15) is 28.5 Å². The number of nitrogens with zero attached hydrogens (tertiary/aromatic N) is 3. The number of aryl methyl sites for hydroxylation is 2. The molecule has 0 radical (unpaired) electrons. The molecule has 1 aromatic carbocycles. The molecular weight excluding hydrogens is 406 g/mol. The number of halogens is 2. The molecule has 1 amide bonds. The summed E-state index contributed by atoms with van der Waals surface area (Å²) in [4.78, 5) is 29.9. The van der Waals surface area contributed by atoms with Crippen LogP contribution in [0.4, 0.5) is 8.78 Å². The van der Waals surface area contributed by atoms with Gasteiger partial charge in [0.05, 0.1) is 17.5 Å².